The Bertz CT molecular complexity index is 584. The number of halogens is 2. The first kappa shape index (κ1) is 13.0. The second-order valence-corrected chi connectivity index (χ2v) is 5.32. The molecule has 0 aliphatic heterocycles. The minimum atomic E-state index is -0.213. The molecule has 0 bridgehead atoms. The SMILES string of the molecule is Nc1ccc(NC(=O)c2cc(Br)ccc2Br)cn1. The van der Waals surface area contributed by atoms with E-state index in [0.29, 0.717) is 17.1 Å². The van der Waals surface area contributed by atoms with E-state index < -0.39 is 0 Å². The van der Waals surface area contributed by atoms with E-state index >= 15 is 0 Å². The van der Waals surface area contributed by atoms with E-state index in [1.807, 2.05) is 6.07 Å². The van der Waals surface area contributed by atoms with Crippen molar-refractivity contribution in [1.29, 1.82) is 0 Å². The van der Waals surface area contributed by atoms with Crippen LogP contribution in [0.2, 0.25) is 0 Å². The summed E-state index contributed by atoms with van der Waals surface area (Å²) >= 11 is 6.67. The molecule has 0 spiro atoms. The third-order valence-electron chi connectivity index (χ3n) is 2.22. The van der Waals surface area contributed by atoms with Crippen LogP contribution in [0.3, 0.4) is 0 Å². The van der Waals surface area contributed by atoms with E-state index in [4.69, 9.17) is 5.73 Å². The zero-order valence-electron chi connectivity index (χ0n) is 9.15. The van der Waals surface area contributed by atoms with E-state index in [-0.39, 0.29) is 5.91 Å². The second kappa shape index (κ2) is 5.49. The van der Waals surface area contributed by atoms with E-state index in [9.17, 15) is 4.79 Å². The van der Waals surface area contributed by atoms with Gasteiger partial charge >= 0.3 is 0 Å². The zero-order valence-corrected chi connectivity index (χ0v) is 12.3. The first-order chi connectivity index (χ1) is 8.56. The van der Waals surface area contributed by atoms with E-state index in [1.54, 1.807) is 24.3 Å². The lowest BCUT2D eigenvalue weighted by atomic mass is 10.2. The van der Waals surface area contributed by atoms with Gasteiger partial charge in [-0.3, -0.25) is 4.79 Å². The Morgan fingerprint density at radius 1 is 1.22 bits per heavy atom. The molecule has 0 atom stereocenters. The lowest BCUT2D eigenvalue weighted by molar-refractivity contribution is 0.102. The van der Waals surface area contributed by atoms with Gasteiger partial charge in [0.25, 0.3) is 5.91 Å². The van der Waals surface area contributed by atoms with Gasteiger partial charge in [0, 0.05) is 8.95 Å². The molecule has 18 heavy (non-hydrogen) atoms. The largest absolute Gasteiger partial charge is 0.384 e. The molecule has 1 heterocycles. The summed E-state index contributed by atoms with van der Waals surface area (Å²) in [5.74, 6) is 0.200. The highest BCUT2D eigenvalue weighted by atomic mass is 79.9. The normalized spacial score (nSPS) is 10.1. The average Bonchev–Trinajstić information content (AvgIpc) is 2.35. The summed E-state index contributed by atoms with van der Waals surface area (Å²) < 4.78 is 1.57. The molecule has 1 aromatic heterocycles. The predicted octanol–water partition coefficient (Wildman–Crippen LogP) is 3.44. The number of nitrogen functional groups attached to an aromatic ring is 1. The van der Waals surface area contributed by atoms with Crippen molar-refractivity contribution in [2.45, 2.75) is 0 Å². The Kier molecular flexibility index (Phi) is 3.98. The molecular weight excluding hydrogens is 362 g/mol. The molecule has 0 unspecified atom stereocenters. The third-order valence-corrected chi connectivity index (χ3v) is 3.40. The minimum absolute atomic E-state index is 0.213. The van der Waals surface area contributed by atoms with Crippen LogP contribution in [-0.4, -0.2) is 10.9 Å². The van der Waals surface area contributed by atoms with Gasteiger partial charge in [0.05, 0.1) is 17.4 Å². The Labute approximate surface area is 121 Å². The molecule has 1 amide bonds. The summed E-state index contributed by atoms with van der Waals surface area (Å²) in [6, 6.07) is 8.73. The van der Waals surface area contributed by atoms with Crippen LogP contribution in [0.5, 0.6) is 0 Å². The van der Waals surface area contributed by atoms with Crippen LogP contribution in [0.4, 0.5) is 11.5 Å². The van der Waals surface area contributed by atoms with Crippen LogP contribution in [0.15, 0.2) is 45.5 Å². The number of hydrogen-bond acceptors (Lipinski definition) is 3. The Hall–Kier alpha value is -1.40. The summed E-state index contributed by atoms with van der Waals surface area (Å²) in [6.07, 6.45) is 1.51. The molecule has 0 fully saturated rings. The summed E-state index contributed by atoms with van der Waals surface area (Å²) in [5.41, 5.74) is 6.62. The van der Waals surface area contributed by atoms with Gasteiger partial charge in [-0.25, -0.2) is 4.98 Å². The van der Waals surface area contributed by atoms with Gasteiger partial charge in [-0.05, 0) is 46.3 Å². The standard InChI is InChI=1S/C12H9Br2N3O/c13-7-1-3-10(14)9(5-7)12(18)17-8-2-4-11(15)16-6-8/h1-6H,(H2,15,16)(H,17,18). The Morgan fingerprint density at radius 2 is 2.00 bits per heavy atom. The highest BCUT2D eigenvalue weighted by Crippen LogP contribution is 2.22. The smallest absolute Gasteiger partial charge is 0.256 e. The Balaban J connectivity index is 2.21. The molecule has 2 aromatic rings. The number of pyridine rings is 1. The summed E-state index contributed by atoms with van der Waals surface area (Å²) in [5, 5.41) is 2.75. The number of anilines is 2. The van der Waals surface area contributed by atoms with Crippen LogP contribution in [0.1, 0.15) is 10.4 Å². The van der Waals surface area contributed by atoms with Crippen molar-refractivity contribution in [3.63, 3.8) is 0 Å². The molecule has 0 radical (unpaired) electrons. The molecule has 1 aromatic carbocycles. The molecule has 3 N–H and O–H groups in total. The number of carbonyl (C=O) groups is 1. The topological polar surface area (TPSA) is 68.0 Å². The number of carbonyl (C=O) groups excluding carboxylic acids is 1. The molecule has 0 saturated heterocycles. The minimum Gasteiger partial charge on any atom is -0.384 e. The molecule has 0 aliphatic rings. The van der Waals surface area contributed by atoms with E-state index in [1.165, 1.54) is 6.20 Å². The number of rotatable bonds is 2. The zero-order chi connectivity index (χ0) is 13.1. The van der Waals surface area contributed by atoms with Crippen molar-refractivity contribution in [2.24, 2.45) is 0 Å². The van der Waals surface area contributed by atoms with Crippen LogP contribution in [0, 0.1) is 0 Å². The number of amides is 1. The molecule has 6 heteroatoms. The van der Waals surface area contributed by atoms with Gasteiger partial charge in [0.15, 0.2) is 0 Å². The van der Waals surface area contributed by atoms with Gasteiger partial charge in [-0.1, -0.05) is 15.9 Å². The number of nitrogens with zero attached hydrogens (tertiary/aromatic N) is 1. The van der Waals surface area contributed by atoms with E-state index in [2.05, 4.69) is 42.2 Å². The third kappa shape index (κ3) is 3.08. The van der Waals surface area contributed by atoms with Crippen LogP contribution in [-0.2, 0) is 0 Å². The lowest BCUT2D eigenvalue weighted by Gasteiger charge is -2.07. The fourth-order valence-corrected chi connectivity index (χ4v) is 2.14. The number of aromatic nitrogens is 1. The van der Waals surface area contributed by atoms with Gasteiger partial charge in [0.2, 0.25) is 0 Å². The molecule has 2 rings (SSSR count). The highest BCUT2D eigenvalue weighted by molar-refractivity contribution is 9.11. The van der Waals surface area contributed by atoms with Crippen molar-refractivity contribution in [3.05, 3.63) is 51.0 Å². The highest BCUT2D eigenvalue weighted by Gasteiger charge is 2.10. The Morgan fingerprint density at radius 3 is 2.67 bits per heavy atom. The van der Waals surface area contributed by atoms with Crippen LogP contribution >= 0.6 is 31.9 Å². The van der Waals surface area contributed by atoms with Crippen molar-refractivity contribution in [2.75, 3.05) is 11.1 Å². The van der Waals surface area contributed by atoms with Crippen molar-refractivity contribution < 1.29 is 4.79 Å². The first-order valence-electron chi connectivity index (χ1n) is 5.04. The summed E-state index contributed by atoms with van der Waals surface area (Å²) in [7, 11) is 0. The van der Waals surface area contributed by atoms with Crippen LogP contribution < -0.4 is 11.1 Å². The molecule has 0 aliphatic carbocycles. The van der Waals surface area contributed by atoms with Gasteiger partial charge in [-0.2, -0.15) is 0 Å². The first-order valence-corrected chi connectivity index (χ1v) is 6.63. The van der Waals surface area contributed by atoms with Gasteiger partial charge in [0.1, 0.15) is 5.82 Å². The van der Waals surface area contributed by atoms with Crippen LogP contribution in [0.25, 0.3) is 0 Å². The van der Waals surface area contributed by atoms with Crippen molar-refractivity contribution in [1.82, 2.24) is 4.98 Å². The quantitative estimate of drug-likeness (QED) is 0.850. The maximum absolute atomic E-state index is 12.1. The number of hydrogen-bond donors (Lipinski definition) is 2. The fourth-order valence-electron chi connectivity index (χ4n) is 1.35. The maximum atomic E-state index is 12.1. The number of nitrogens with one attached hydrogen (secondary N) is 1. The fraction of sp³-hybridized carbons (Fsp3) is 0. The number of nitrogens with two attached hydrogens (primary N) is 1. The molecule has 0 saturated carbocycles. The molecular formula is C12H9Br2N3O. The van der Waals surface area contributed by atoms with Crippen molar-refractivity contribution in [3.8, 4) is 0 Å². The summed E-state index contributed by atoms with van der Waals surface area (Å²) in [6.45, 7) is 0. The predicted molar refractivity (Wildman–Crippen MR) is 78.4 cm³/mol. The average molecular weight is 371 g/mol. The van der Waals surface area contributed by atoms with Crippen molar-refractivity contribution >= 4 is 49.3 Å². The molecule has 4 nitrogen and oxygen atoms in total. The number of benzene rings is 1. The molecule has 92 valence electrons. The van der Waals surface area contributed by atoms with E-state index in [0.717, 1.165) is 8.95 Å². The second-order valence-electron chi connectivity index (χ2n) is 3.55. The summed E-state index contributed by atoms with van der Waals surface area (Å²) in [4.78, 5) is 16.0. The lowest BCUT2D eigenvalue weighted by Crippen LogP contribution is -2.12. The van der Waals surface area contributed by atoms with Gasteiger partial charge < -0.3 is 11.1 Å². The van der Waals surface area contributed by atoms with Gasteiger partial charge in [-0.15, -0.1) is 0 Å². The monoisotopic (exact) mass is 369 g/mol. The maximum Gasteiger partial charge on any atom is 0.256 e.